The SMILES string of the molecule is CCCCC1=NN2C(=N)/C(=C/c3cc(C)n(-c4cccc(F)c4)c3C)C(=O)N=C2S1. The summed E-state index contributed by atoms with van der Waals surface area (Å²) < 4.78 is 15.6. The summed E-state index contributed by atoms with van der Waals surface area (Å²) in [5.74, 6) is -0.727. The molecule has 0 bridgehead atoms. The first-order chi connectivity index (χ1) is 14.4. The number of aliphatic imine (C=N–C) groups is 1. The zero-order chi connectivity index (χ0) is 21.4. The Balaban J connectivity index is 1.69. The standard InChI is InChI=1S/C22H22FN5OS/c1-4-5-9-19-26-28-20(24)18(21(29)25-22(28)30-19)11-15-10-13(2)27(14(15)3)17-8-6-7-16(23)12-17/h6-8,10-12,24H,4-5,9H2,1-3H3/b18-11-,24-20?. The van der Waals surface area contributed by atoms with Gasteiger partial charge in [0.2, 0.25) is 5.17 Å². The smallest absolute Gasteiger partial charge is 0.283 e. The van der Waals surface area contributed by atoms with E-state index in [9.17, 15) is 9.18 Å². The molecule has 2 aliphatic heterocycles. The van der Waals surface area contributed by atoms with Gasteiger partial charge >= 0.3 is 0 Å². The number of benzene rings is 1. The van der Waals surface area contributed by atoms with Gasteiger partial charge in [0, 0.05) is 17.1 Å². The first-order valence-corrected chi connectivity index (χ1v) is 10.6. The Morgan fingerprint density at radius 1 is 1.27 bits per heavy atom. The van der Waals surface area contributed by atoms with Crippen LogP contribution in [0, 0.1) is 25.1 Å². The van der Waals surface area contributed by atoms with Crippen molar-refractivity contribution in [3.63, 3.8) is 0 Å². The molecule has 2 aliphatic rings. The molecule has 2 aromatic rings. The number of unbranched alkanes of at least 4 members (excludes halogenated alkanes) is 1. The van der Waals surface area contributed by atoms with Crippen LogP contribution in [0.3, 0.4) is 0 Å². The van der Waals surface area contributed by atoms with Gasteiger partial charge in [-0.25, -0.2) is 4.39 Å². The minimum Gasteiger partial charge on any atom is -0.318 e. The molecule has 0 radical (unpaired) electrons. The average molecular weight is 424 g/mol. The van der Waals surface area contributed by atoms with Crippen LogP contribution in [0.15, 0.2) is 46.0 Å². The van der Waals surface area contributed by atoms with Crippen molar-refractivity contribution in [2.24, 2.45) is 10.1 Å². The molecule has 6 nitrogen and oxygen atoms in total. The predicted octanol–water partition coefficient (Wildman–Crippen LogP) is 5.04. The maximum absolute atomic E-state index is 13.7. The molecule has 1 aromatic heterocycles. The molecule has 0 fully saturated rings. The summed E-state index contributed by atoms with van der Waals surface area (Å²) in [6, 6.07) is 8.29. The lowest BCUT2D eigenvalue weighted by atomic mass is 10.1. The first kappa shape index (κ1) is 20.3. The largest absolute Gasteiger partial charge is 0.318 e. The highest BCUT2D eigenvalue weighted by Crippen LogP contribution is 2.31. The molecular formula is C22H22FN5OS. The van der Waals surface area contributed by atoms with Crippen LogP contribution in [0.1, 0.15) is 43.1 Å². The molecule has 1 N–H and O–H groups in total. The van der Waals surface area contributed by atoms with E-state index >= 15 is 0 Å². The Hall–Kier alpha value is -3.00. The van der Waals surface area contributed by atoms with Gasteiger partial charge in [-0.15, -0.1) is 0 Å². The van der Waals surface area contributed by atoms with Crippen molar-refractivity contribution in [2.45, 2.75) is 40.0 Å². The third kappa shape index (κ3) is 3.63. The number of aryl methyl sites for hydroxylation is 1. The Bertz CT molecular complexity index is 1140. The quantitative estimate of drug-likeness (QED) is 0.685. The van der Waals surface area contributed by atoms with Crippen LogP contribution >= 0.6 is 11.8 Å². The van der Waals surface area contributed by atoms with Gasteiger partial charge in [0.05, 0.1) is 5.57 Å². The summed E-state index contributed by atoms with van der Waals surface area (Å²) >= 11 is 1.36. The molecule has 3 heterocycles. The zero-order valence-electron chi connectivity index (χ0n) is 17.1. The van der Waals surface area contributed by atoms with E-state index in [1.165, 1.54) is 28.9 Å². The fourth-order valence-corrected chi connectivity index (χ4v) is 4.49. The lowest BCUT2D eigenvalue weighted by Crippen LogP contribution is -2.35. The number of carbonyl (C=O) groups excluding carboxylic acids is 1. The van der Waals surface area contributed by atoms with E-state index in [2.05, 4.69) is 17.0 Å². The number of hydrogen-bond acceptors (Lipinski definition) is 4. The highest BCUT2D eigenvalue weighted by molar-refractivity contribution is 8.26. The lowest BCUT2D eigenvalue weighted by molar-refractivity contribution is -0.114. The van der Waals surface area contributed by atoms with Crippen molar-refractivity contribution < 1.29 is 9.18 Å². The normalized spacial score (nSPS) is 17.5. The van der Waals surface area contributed by atoms with Crippen molar-refractivity contribution in [2.75, 3.05) is 0 Å². The summed E-state index contributed by atoms with van der Waals surface area (Å²) in [5.41, 5.74) is 3.44. The van der Waals surface area contributed by atoms with E-state index in [4.69, 9.17) is 5.41 Å². The Labute approximate surface area is 178 Å². The number of hydrogen-bond donors (Lipinski definition) is 1. The van der Waals surface area contributed by atoms with Gasteiger partial charge in [0.1, 0.15) is 10.9 Å². The first-order valence-electron chi connectivity index (χ1n) is 9.83. The molecule has 0 atom stereocenters. The Morgan fingerprint density at radius 3 is 2.80 bits per heavy atom. The van der Waals surface area contributed by atoms with Crippen LogP contribution in [0.2, 0.25) is 0 Å². The molecule has 8 heteroatoms. The van der Waals surface area contributed by atoms with Crippen molar-refractivity contribution in [1.82, 2.24) is 9.58 Å². The second kappa shape index (κ2) is 8.02. The van der Waals surface area contributed by atoms with E-state index in [-0.39, 0.29) is 17.2 Å². The number of amidine groups is 2. The van der Waals surface area contributed by atoms with Gasteiger partial charge in [-0.05, 0) is 74.4 Å². The molecule has 1 aromatic carbocycles. The number of nitrogens with one attached hydrogen (secondary N) is 1. The average Bonchev–Trinajstić information content (AvgIpc) is 3.23. The molecule has 0 spiro atoms. The highest BCUT2D eigenvalue weighted by atomic mass is 32.2. The van der Waals surface area contributed by atoms with Crippen LogP contribution < -0.4 is 0 Å². The highest BCUT2D eigenvalue weighted by Gasteiger charge is 2.35. The zero-order valence-corrected chi connectivity index (χ0v) is 17.9. The monoisotopic (exact) mass is 423 g/mol. The van der Waals surface area contributed by atoms with Crippen LogP contribution in [-0.2, 0) is 4.79 Å². The van der Waals surface area contributed by atoms with Gasteiger partial charge in [-0.3, -0.25) is 10.2 Å². The van der Waals surface area contributed by atoms with Gasteiger partial charge < -0.3 is 4.57 Å². The molecule has 0 saturated carbocycles. The van der Waals surface area contributed by atoms with Crippen molar-refractivity contribution in [1.29, 1.82) is 5.41 Å². The van der Waals surface area contributed by atoms with E-state index in [0.29, 0.717) is 10.9 Å². The molecule has 0 saturated heterocycles. The maximum atomic E-state index is 13.7. The van der Waals surface area contributed by atoms with E-state index < -0.39 is 5.91 Å². The van der Waals surface area contributed by atoms with Gasteiger partial charge in [-0.1, -0.05) is 19.4 Å². The second-order valence-electron chi connectivity index (χ2n) is 7.26. The van der Waals surface area contributed by atoms with Crippen LogP contribution in [-0.4, -0.2) is 31.5 Å². The van der Waals surface area contributed by atoms with E-state index in [1.807, 2.05) is 30.5 Å². The maximum Gasteiger partial charge on any atom is 0.283 e. The number of aromatic nitrogens is 1. The third-order valence-corrected chi connectivity index (χ3v) is 6.05. The summed E-state index contributed by atoms with van der Waals surface area (Å²) in [7, 11) is 0. The van der Waals surface area contributed by atoms with Gasteiger partial charge in [-0.2, -0.15) is 15.1 Å². The summed E-state index contributed by atoms with van der Waals surface area (Å²) in [6.45, 7) is 5.94. The minimum absolute atomic E-state index is 0.0274. The molecule has 4 rings (SSSR count). The minimum atomic E-state index is -0.443. The molecule has 1 amide bonds. The lowest BCUT2D eigenvalue weighted by Gasteiger charge is -2.20. The van der Waals surface area contributed by atoms with Crippen LogP contribution in [0.4, 0.5) is 4.39 Å². The third-order valence-electron chi connectivity index (χ3n) is 5.08. The number of nitrogens with zero attached hydrogens (tertiary/aromatic N) is 4. The molecule has 0 unspecified atom stereocenters. The van der Waals surface area contributed by atoms with Gasteiger partial charge in [0.25, 0.3) is 5.91 Å². The molecule has 0 aliphatic carbocycles. The van der Waals surface area contributed by atoms with Crippen LogP contribution in [0.25, 0.3) is 11.8 Å². The second-order valence-corrected chi connectivity index (χ2v) is 8.30. The predicted molar refractivity (Wildman–Crippen MR) is 120 cm³/mol. The van der Waals surface area contributed by atoms with Crippen molar-refractivity contribution >= 4 is 39.8 Å². The molecule has 154 valence electrons. The summed E-state index contributed by atoms with van der Waals surface area (Å²) in [6.07, 6.45) is 4.54. The number of rotatable bonds is 5. The Morgan fingerprint density at radius 2 is 2.07 bits per heavy atom. The topological polar surface area (TPSA) is 73.8 Å². The number of thioether (sulfide) groups is 1. The van der Waals surface area contributed by atoms with Crippen molar-refractivity contribution in [3.05, 3.63) is 58.7 Å². The number of halogens is 1. The van der Waals surface area contributed by atoms with Gasteiger partial charge in [0.15, 0.2) is 5.84 Å². The number of amides is 1. The molecular weight excluding hydrogens is 401 g/mol. The summed E-state index contributed by atoms with van der Waals surface area (Å²) in [4.78, 5) is 16.8. The van der Waals surface area contributed by atoms with Crippen molar-refractivity contribution in [3.8, 4) is 5.69 Å². The number of carbonyl (C=O) groups is 1. The van der Waals surface area contributed by atoms with Crippen LogP contribution in [0.5, 0.6) is 0 Å². The number of fused-ring (bicyclic) bond motifs is 1. The van der Waals surface area contributed by atoms with E-state index in [1.54, 1.807) is 12.1 Å². The summed E-state index contributed by atoms with van der Waals surface area (Å²) in [5, 5.41) is 15.8. The fraction of sp³-hybridized carbons (Fsp3) is 0.273. The van der Waals surface area contributed by atoms with E-state index in [0.717, 1.165) is 41.3 Å². The number of hydrazone groups is 1. The fourth-order valence-electron chi connectivity index (χ4n) is 3.56. The Kier molecular flexibility index (Phi) is 5.42. The molecule has 30 heavy (non-hydrogen) atoms.